The Hall–Kier alpha value is -0.380. The topological polar surface area (TPSA) is 18.5 Å². The van der Waals surface area contributed by atoms with Gasteiger partial charge in [-0.1, -0.05) is 28.1 Å². The molecular formula is C11H13BrO2. The van der Waals surface area contributed by atoms with Gasteiger partial charge in [-0.3, -0.25) is 0 Å². The van der Waals surface area contributed by atoms with E-state index in [9.17, 15) is 0 Å². The minimum absolute atomic E-state index is 0.0510. The summed E-state index contributed by atoms with van der Waals surface area (Å²) in [5.41, 5.74) is 1.25. The standard InChI is InChI=1S/C11H13BrO2/c12-10-4-2-9(3-5-10)8-11-13-6-1-7-14-11/h2-5,11H,1,6-8H2. The predicted octanol–water partition coefficient (Wildman–Crippen LogP) is 2.75. The van der Waals surface area contributed by atoms with Crippen molar-refractivity contribution in [1.82, 2.24) is 0 Å². The van der Waals surface area contributed by atoms with Gasteiger partial charge >= 0.3 is 0 Å². The lowest BCUT2D eigenvalue weighted by Gasteiger charge is -2.23. The zero-order valence-corrected chi connectivity index (χ0v) is 9.50. The lowest BCUT2D eigenvalue weighted by molar-refractivity contribution is -0.176. The van der Waals surface area contributed by atoms with E-state index in [1.54, 1.807) is 0 Å². The molecule has 0 radical (unpaired) electrons. The summed E-state index contributed by atoms with van der Waals surface area (Å²) >= 11 is 3.41. The molecule has 0 atom stereocenters. The fourth-order valence-electron chi connectivity index (χ4n) is 1.47. The molecule has 0 amide bonds. The number of rotatable bonds is 2. The largest absolute Gasteiger partial charge is 0.352 e. The molecule has 0 spiro atoms. The highest BCUT2D eigenvalue weighted by molar-refractivity contribution is 9.10. The quantitative estimate of drug-likeness (QED) is 0.811. The van der Waals surface area contributed by atoms with Crippen LogP contribution in [0.3, 0.4) is 0 Å². The van der Waals surface area contributed by atoms with E-state index < -0.39 is 0 Å². The zero-order chi connectivity index (χ0) is 9.80. The number of hydrogen-bond acceptors (Lipinski definition) is 2. The Kier molecular flexibility index (Phi) is 3.56. The molecule has 0 aliphatic carbocycles. The zero-order valence-electron chi connectivity index (χ0n) is 7.91. The maximum absolute atomic E-state index is 5.48. The van der Waals surface area contributed by atoms with Crippen LogP contribution >= 0.6 is 15.9 Å². The van der Waals surface area contributed by atoms with Crippen molar-refractivity contribution in [1.29, 1.82) is 0 Å². The molecule has 1 aromatic rings. The van der Waals surface area contributed by atoms with E-state index in [0.717, 1.165) is 30.5 Å². The van der Waals surface area contributed by atoms with Crippen molar-refractivity contribution in [2.45, 2.75) is 19.1 Å². The van der Waals surface area contributed by atoms with Gasteiger partial charge in [-0.05, 0) is 24.1 Å². The first-order valence-corrected chi connectivity index (χ1v) is 5.61. The first kappa shape index (κ1) is 10.1. The van der Waals surface area contributed by atoms with Crippen LogP contribution in [0.15, 0.2) is 28.7 Å². The molecule has 0 aromatic heterocycles. The van der Waals surface area contributed by atoms with Crippen molar-refractivity contribution in [2.24, 2.45) is 0 Å². The van der Waals surface area contributed by atoms with Crippen molar-refractivity contribution in [3.05, 3.63) is 34.3 Å². The van der Waals surface area contributed by atoms with Crippen LogP contribution in [0.5, 0.6) is 0 Å². The second-order valence-electron chi connectivity index (χ2n) is 3.36. The SMILES string of the molecule is Brc1ccc(CC2OCCCO2)cc1. The Morgan fingerprint density at radius 3 is 2.43 bits per heavy atom. The molecule has 1 aromatic carbocycles. The summed E-state index contributed by atoms with van der Waals surface area (Å²) in [5, 5.41) is 0. The second-order valence-corrected chi connectivity index (χ2v) is 4.27. The fraction of sp³-hybridized carbons (Fsp3) is 0.455. The Balaban J connectivity index is 1.92. The molecule has 0 bridgehead atoms. The van der Waals surface area contributed by atoms with Crippen LogP contribution in [-0.4, -0.2) is 19.5 Å². The van der Waals surface area contributed by atoms with E-state index in [0.29, 0.717) is 0 Å². The summed E-state index contributed by atoms with van der Waals surface area (Å²) in [6, 6.07) is 8.26. The molecule has 1 aliphatic heterocycles. The molecule has 0 N–H and O–H groups in total. The van der Waals surface area contributed by atoms with Gasteiger partial charge in [-0.2, -0.15) is 0 Å². The molecular weight excluding hydrogens is 244 g/mol. The van der Waals surface area contributed by atoms with Gasteiger partial charge in [0.05, 0.1) is 13.2 Å². The van der Waals surface area contributed by atoms with E-state index in [1.807, 2.05) is 12.1 Å². The van der Waals surface area contributed by atoms with Crippen LogP contribution in [-0.2, 0) is 15.9 Å². The van der Waals surface area contributed by atoms with Gasteiger partial charge in [-0.15, -0.1) is 0 Å². The summed E-state index contributed by atoms with van der Waals surface area (Å²) in [5.74, 6) is 0. The van der Waals surface area contributed by atoms with Gasteiger partial charge in [0.2, 0.25) is 0 Å². The van der Waals surface area contributed by atoms with Gasteiger partial charge < -0.3 is 9.47 Å². The van der Waals surface area contributed by atoms with Crippen molar-refractivity contribution in [3.8, 4) is 0 Å². The third-order valence-corrected chi connectivity index (χ3v) is 2.74. The van der Waals surface area contributed by atoms with Crippen LogP contribution in [0.1, 0.15) is 12.0 Å². The van der Waals surface area contributed by atoms with Crippen LogP contribution in [0.4, 0.5) is 0 Å². The normalized spacial score (nSPS) is 18.4. The second kappa shape index (κ2) is 4.91. The first-order chi connectivity index (χ1) is 6.84. The third kappa shape index (κ3) is 2.80. The predicted molar refractivity (Wildman–Crippen MR) is 58.2 cm³/mol. The maximum atomic E-state index is 5.48. The third-order valence-electron chi connectivity index (χ3n) is 2.21. The number of halogens is 1. The molecule has 1 aliphatic rings. The first-order valence-electron chi connectivity index (χ1n) is 4.82. The lowest BCUT2D eigenvalue weighted by atomic mass is 10.1. The van der Waals surface area contributed by atoms with Crippen molar-refractivity contribution < 1.29 is 9.47 Å². The molecule has 1 fully saturated rings. The Morgan fingerprint density at radius 2 is 1.79 bits per heavy atom. The Bertz CT molecular complexity index is 278. The number of benzene rings is 1. The molecule has 0 unspecified atom stereocenters. The highest BCUT2D eigenvalue weighted by Gasteiger charge is 2.14. The monoisotopic (exact) mass is 256 g/mol. The molecule has 3 heteroatoms. The minimum atomic E-state index is -0.0510. The van der Waals surface area contributed by atoms with Crippen molar-refractivity contribution in [2.75, 3.05) is 13.2 Å². The summed E-state index contributed by atoms with van der Waals surface area (Å²) < 4.78 is 12.1. The number of hydrogen-bond donors (Lipinski definition) is 0. The average molecular weight is 257 g/mol. The molecule has 76 valence electrons. The van der Waals surface area contributed by atoms with Gasteiger partial charge in [-0.25, -0.2) is 0 Å². The molecule has 14 heavy (non-hydrogen) atoms. The molecule has 1 heterocycles. The van der Waals surface area contributed by atoms with Gasteiger partial charge in [0.15, 0.2) is 6.29 Å². The smallest absolute Gasteiger partial charge is 0.161 e. The summed E-state index contributed by atoms with van der Waals surface area (Å²) in [7, 11) is 0. The van der Waals surface area contributed by atoms with E-state index in [-0.39, 0.29) is 6.29 Å². The highest BCUT2D eigenvalue weighted by atomic mass is 79.9. The molecule has 1 saturated heterocycles. The van der Waals surface area contributed by atoms with Crippen LogP contribution in [0.25, 0.3) is 0 Å². The van der Waals surface area contributed by atoms with Crippen LogP contribution < -0.4 is 0 Å². The lowest BCUT2D eigenvalue weighted by Crippen LogP contribution is -2.26. The Morgan fingerprint density at radius 1 is 1.14 bits per heavy atom. The molecule has 2 rings (SSSR count). The van der Waals surface area contributed by atoms with Crippen LogP contribution in [0.2, 0.25) is 0 Å². The summed E-state index contributed by atoms with van der Waals surface area (Å²) in [6.45, 7) is 1.64. The van der Waals surface area contributed by atoms with Gasteiger partial charge in [0.1, 0.15) is 0 Å². The molecule has 0 saturated carbocycles. The highest BCUT2D eigenvalue weighted by Crippen LogP contribution is 2.15. The van der Waals surface area contributed by atoms with Crippen molar-refractivity contribution >= 4 is 15.9 Å². The van der Waals surface area contributed by atoms with Gasteiger partial charge in [0, 0.05) is 10.9 Å². The summed E-state index contributed by atoms with van der Waals surface area (Å²) in [6.07, 6.45) is 1.80. The minimum Gasteiger partial charge on any atom is -0.352 e. The maximum Gasteiger partial charge on any atom is 0.161 e. The van der Waals surface area contributed by atoms with Crippen LogP contribution in [0, 0.1) is 0 Å². The average Bonchev–Trinajstić information content (AvgIpc) is 2.23. The Labute approximate surface area is 92.3 Å². The van der Waals surface area contributed by atoms with Crippen molar-refractivity contribution in [3.63, 3.8) is 0 Å². The molecule has 2 nitrogen and oxygen atoms in total. The number of ether oxygens (including phenoxy) is 2. The van der Waals surface area contributed by atoms with E-state index in [1.165, 1.54) is 5.56 Å². The van der Waals surface area contributed by atoms with Gasteiger partial charge in [0.25, 0.3) is 0 Å². The fourth-order valence-corrected chi connectivity index (χ4v) is 1.73. The van der Waals surface area contributed by atoms with E-state index in [4.69, 9.17) is 9.47 Å². The van der Waals surface area contributed by atoms with E-state index >= 15 is 0 Å². The van der Waals surface area contributed by atoms with E-state index in [2.05, 4.69) is 28.1 Å². The summed E-state index contributed by atoms with van der Waals surface area (Å²) in [4.78, 5) is 0.